The lowest BCUT2D eigenvalue weighted by Crippen LogP contribution is -2.03. The summed E-state index contributed by atoms with van der Waals surface area (Å²) in [5.41, 5.74) is 5.37. The first-order valence-electron chi connectivity index (χ1n) is 4.77. The molecule has 0 radical (unpaired) electrons. The van der Waals surface area contributed by atoms with Crippen molar-refractivity contribution in [1.29, 1.82) is 0 Å². The SMILES string of the molecule is COc1nc(N)nc(Oc2ccc(F)cc2F)n1. The van der Waals surface area contributed by atoms with Crippen LogP contribution >= 0.6 is 0 Å². The number of anilines is 1. The van der Waals surface area contributed by atoms with Crippen LogP contribution in [0.25, 0.3) is 0 Å². The Kier molecular flexibility index (Phi) is 3.18. The van der Waals surface area contributed by atoms with Gasteiger partial charge in [-0.1, -0.05) is 0 Å². The molecule has 18 heavy (non-hydrogen) atoms. The average Bonchev–Trinajstić information content (AvgIpc) is 2.32. The van der Waals surface area contributed by atoms with Gasteiger partial charge in [0.05, 0.1) is 7.11 Å². The van der Waals surface area contributed by atoms with Crippen molar-refractivity contribution in [3.8, 4) is 17.8 Å². The van der Waals surface area contributed by atoms with E-state index in [0.29, 0.717) is 6.07 Å². The minimum absolute atomic E-state index is 0.0694. The van der Waals surface area contributed by atoms with Gasteiger partial charge in [0, 0.05) is 6.07 Å². The van der Waals surface area contributed by atoms with Gasteiger partial charge >= 0.3 is 12.0 Å². The third-order valence-corrected chi connectivity index (χ3v) is 1.89. The first-order valence-corrected chi connectivity index (χ1v) is 4.77. The van der Waals surface area contributed by atoms with E-state index in [0.717, 1.165) is 12.1 Å². The van der Waals surface area contributed by atoms with E-state index >= 15 is 0 Å². The van der Waals surface area contributed by atoms with Crippen LogP contribution in [0.4, 0.5) is 14.7 Å². The van der Waals surface area contributed by atoms with Crippen molar-refractivity contribution in [2.75, 3.05) is 12.8 Å². The van der Waals surface area contributed by atoms with Crippen LogP contribution in [0.3, 0.4) is 0 Å². The van der Waals surface area contributed by atoms with Gasteiger partial charge in [-0.15, -0.1) is 4.98 Å². The van der Waals surface area contributed by atoms with Crippen LogP contribution in [-0.2, 0) is 0 Å². The number of ether oxygens (including phenoxy) is 2. The number of aromatic nitrogens is 3. The van der Waals surface area contributed by atoms with Gasteiger partial charge in [-0.2, -0.15) is 9.97 Å². The quantitative estimate of drug-likeness (QED) is 0.894. The summed E-state index contributed by atoms with van der Waals surface area (Å²) < 4.78 is 35.8. The van der Waals surface area contributed by atoms with Crippen LogP contribution in [0.5, 0.6) is 17.8 Å². The third-order valence-electron chi connectivity index (χ3n) is 1.89. The number of hydrogen-bond acceptors (Lipinski definition) is 6. The number of rotatable bonds is 3. The second kappa shape index (κ2) is 4.78. The lowest BCUT2D eigenvalue weighted by atomic mass is 10.3. The fourth-order valence-corrected chi connectivity index (χ4v) is 1.15. The van der Waals surface area contributed by atoms with Gasteiger partial charge in [0.15, 0.2) is 11.6 Å². The van der Waals surface area contributed by atoms with E-state index < -0.39 is 11.6 Å². The molecule has 1 heterocycles. The number of hydrogen-bond donors (Lipinski definition) is 1. The predicted octanol–water partition coefficient (Wildman–Crippen LogP) is 1.53. The Morgan fingerprint density at radius 1 is 1.11 bits per heavy atom. The van der Waals surface area contributed by atoms with Crippen molar-refractivity contribution < 1.29 is 18.3 Å². The highest BCUT2D eigenvalue weighted by Gasteiger charge is 2.10. The molecule has 2 N–H and O–H groups in total. The molecule has 0 saturated heterocycles. The molecule has 0 atom stereocenters. The number of benzene rings is 1. The molecule has 0 saturated carbocycles. The van der Waals surface area contributed by atoms with Crippen LogP contribution in [0.2, 0.25) is 0 Å². The average molecular weight is 254 g/mol. The Morgan fingerprint density at radius 2 is 1.83 bits per heavy atom. The standard InChI is InChI=1S/C10H8F2N4O2/c1-17-9-14-8(13)15-10(16-9)18-7-3-2-5(11)4-6(7)12/h2-4H,1H3,(H2,13,14,15,16). The molecule has 2 aromatic rings. The summed E-state index contributed by atoms with van der Waals surface area (Å²) in [6.45, 7) is 0. The summed E-state index contributed by atoms with van der Waals surface area (Å²) in [7, 11) is 1.33. The second-order valence-electron chi connectivity index (χ2n) is 3.14. The molecule has 0 aliphatic carbocycles. The van der Waals surface area contributed by atoms with Crippen molar-refractivity contribution >= 4 is 5.95 Å². The first-order chi connectivity index (χ1) is 8.58. The Hall–Kier alpha value is -2.51. The summed E-state index contributed by atoms with van der Waals surface area (Å²) in [5.74, 6) is -1.97. The molecule has 0 bridgehead atoms. The van der Waals surface area contributed by atoms with E-state index in [-0.39, 0.29) is 23.7 Å². The van der Waals surface area contributed by atoms with Gasteiger partial charge < -0.3 is 15.2 Å². The molecule has 0 aliphatic rings. The fourth-order valence-electron chi connectivity index (χ4n) is 1.15. The highest BCUT2D eigenvalue weighted by Crippen LogP contribution is 2.23. The molecule has 1 aromatic carbocycles. The van der Waals surface area contributed by atoms with E-state index in [1.54, 1.807) is 0 Å². The molecular formula is C10H8F2N4O2. The zero-order chi connectivity index (χ0) is 13.1. The summed E-state index contributed by atoms with van der Waals surface area (Å²) in [4.78, 5) is 11.0. The van der Waals surface area contributed by atoms with Gasteiger partial charge in [-0.25, -0.2) is 8.78 Å². The van der Waals surface area contributed by atoms with Gasteiger partial charge in [0.1, 0.15) is 5.82 Å². The van der Waals surface area contributed by atoms with Crippen LogP contribution < -0.4 is 15.2 Å². The number of nitrogen functional groups attached to an aromatic ring is 1. The van der Waals surface area contributed by atoms with Crippen LogP contribution in [0.1, 0.15) is 0 Å². The van der Waals surface area contributed by atoms with Crippen molar-refractivity contribution in [2.45, 2.75) is 0 Å². The van der Waals surface area contributed by atoms with Gasteiger partial charge in [-0.3, -0.25) is 0 Å². The molecule has 0 aliphatic heterocycles. The van der Waals surface area contributed by atoms with Crippen molar-refractivity contribution in [3.63, 3.8) is 0 Å². The highest BCUT2D eigenvalue weighted by molar-refractivity contribution is 5.29. The number of nitrogens with zero attached hydrogens (tertiary/aromatic N) is 3. The van der Waals surface area contributed by atoms with Crippen LogP contribution in [0, 0.1) is 11.6 Å². The number of methoxy groups -OCH3 is 1. The molecule has 0 fully saturated rings. The monoisotopic (exact) mass is 254 g/mol. The van der Waals surface area contributed by atoms with Crippen molar-refractivity contribution in [1.82, 2.24) is 15.0 Å². The van der Waals surface area contributed by atoms with Crippen LogP contribution in [0.15, 0.2) is 18.2 Å². The minimum atomic E-state index is -0.882. The normalized spacial score (nSPS) is 10.2. The van der Waals surface area contributed by atoms with E-state index in [2.05, 4.69) is 15.0 Å². The molecule has 1 aromatic heterocycles. The van der Waals surface area contributed by atoms with Crippen molar-refractivity contribution in [3.05, 3.63) is 29.8 Å². The predicted molar refractivity (Wildman–Crippen MR) is 57.2 cm³/mol. The highest BCUT2D eigenvalue weighted by atomic mass is 19.1. The van der Waals surface area contributed by atoms with Gasteiger partial charge in [-0.05, 0) is 12.1 Å². The Balaban J connectivity index is 2.30. The molecule has 0 amide bonds. The summed E-state index contributed by atoms with van der Waals surface area (Å²) >= 11 is 0. The lowest BCUT2D eigenvalue weighted by molar-refractivity contribution is 0.354. The maximum atomic E-state index is 13.3. The number of nitrogens with two attached hydrogens (primary N) is 1. The van der Waals surface area contributed by atoms with E-state index in [1.165, 1.54) is 7.11 Å². The van der Waals surface area contributed by atoms with Crippen LogP contribution in [-0.4, -0.2) is 22.1 Å². The third kappa shape index (κ3) is 2.59. The van der Waals surface area contributed by atoms with Crippen molar-refractivity contribution in [2.24, 2.45) is 0 Å². The van der Waals surface area contributed by atoms with E-state index in [1.807, 2.05) is 0 Å². The van der Waals surface area contributed by atoms with E-state index in [4.69, 9.17) is 15.2 Å². The molecular weight excluding hydrogens is 246 g/mol. The summed E-state index contributed by atoms with van der Waals surface area (Å²) in [5, 5.41) is 0. The summed E-state index contributed by atoms with van der Waals surface area (Å²) in [6, 6.07) is 2.51. The van der Waals surface area contributed by atoms with Gasteiger partial charge in [0.2, 0.25) is 5.95 Å². The van der Waals surface area contributed by atoms with E-state index in [9.17, 15) is 8.78 Å². The molecule has 94 valence electrons. The maximum Gasteiger partial charge on any atom is 0.330 e. The zero-order valence-corrected chi connectivity index (χ0v) is 9.22. The summed E-state index contributed by atoms with van der Waals surface area (Å²) in [6.07, 6.45) is 0. The Labute approximate surface area is 100 Å². The Morgan fingerprint density at radius 3 is 2.50 bits per heavy atom. The molecule has 0 spiro atoms. The molecule has 0 unspecified atom stereocenters. The molecule has 2 rings (SSSR count). The number of halogens is 2. The maximum absolute atomic E-state index is 13.3. The zero-order valence-electron chi connectivity index (χ0n) is 9.22. The lowest BCUT2D eigenvalue weighted by Gasteiger charge is -2.06. The molecule has 6 nitrogen and oxygen atoms in total. The Bertz CT molecular complexity index is 580. The largest absolute Gasteiger partial charge is 0.467 e. The fraction of sp³-hybridized carbons (Fsp3) is 0.100. The van der Waals surface area contributed by atoms with Gasteiger partial charge in [0.25, 0.3) is 0 Å². The minimum Gasteiger partial charge on any atom is -0.467 e. The molecule has 8 heteroatoms. The topological polar surface area (TPSA) is 83.2 Å². The first kappa shape index (κ1) is 12.0. The second-order valence-corrected chi connectivity index (χ2v) is 3.14. The smallest absolute Gasteiger partial charge is 0.330 e.